The first-order valence-electron chi connectivity index (χ1n) is 7.39. The van der Waals surface area contributed by atoms with Crippen molar-refractivity contribution in [3.8, 4) is 0 Å². The second-order valence-electron chi connectivity index (χ2n) is 4.99. The molecule has 144 valence electrons. The Labute approximate surface area is 147 Å². The lowest BCUT2D eigenvalue weighted by Gasteiger charge is -2.37. The molecule has 0 fully saturated rings. The number of alkyl halides is 3. The molecular weight excluding hydrogens is 369 g/mol. The summed E-state index contributed by atoms with van der Waals surface area (Å²) in [4.78, 5) is 3.97. The standard InChI is InChI=1S/C12H25N2OS.CHF3O3S/c1-4-14(5-2,10-7-11-15-3)9-6-8-13-12-16;2-1(3,4)8(5,6)7/h4-11H2,1-3H3;(H,5,6,7)/q+1;/p-1. The summed E-state index contributed by atoms with van der Waals surface area (Å²) in [5, 5.41) is 2.42. The van der Waals surface area contributed by atoms with E-state index in [2.05, 4.69) is 36.2 Å². The highest BCUT2D eigenvalue weighted by molar-refractivity contribution is 7.86. The van der Waals surface area contributed by atoms with Crippen LogP contribution in [0.4, 0.5) is 13.2 Å². The van der Waals surface area contributed by atoms with Crippen LogP contribution in [0.1, 0.15) is 26.7 Å². The minimum Gasteiger partial charge on any atom is -0.741 e. The first kappa shape index (κ1) is 25.7. The lowest BCUT2D eigenvalue weighted by Crippen LogP contribution is -2.49. The Morgan fingerprint density at radius 3 is 2.00 bits per heavy atom. The van der Waals surface area contributed by atoms with Gasteiger partial charge in [-0.25, -0.2) is 13.4 Å². The number of ether oxygens (including phenoxy) is 1. The largest absolute Gasteiger partial charge is 0.741 e. The third-order valence-corrected chi connectivity index (χ3v) is 4.27. The van der Waals surface area contributed by atoms with Crippen molar-refractivity contribution in [3.05, 3.63) is 0 Å². The molecule has 0 atom stereocenters. The zero-order chi connectivity index (χ0) is 19.3. The fourth-order valence-corrected chi connectivity index (χ4v) is 2.13. The number of rotatable bonds is 10. The lowest BCUT2D eigenvalue weighted by molar-refractivity contribution is -0.925. The van der Waals surface area contributed by atoms with Crippen LogP contribution in [0, 0.1) is 0 Å². The lowest BCUT2D eigenvalue weighted by atomic mass is 10.2. The summed E-state index contributed by atoms with van der Waals surface area (Å²) in [5.74, 6) is 0. The van der Waals surface area contributed by atoms with Gasteiger partial charge in [0.05, 0.1) is 44.5 Å². The smallest absolute Gasteiger partial charge is 0.485 e. The molecule has 6 nitrogen and oxygen atoms in total. The number of hydrogen-bond acceptors (Lipinski definition) is 6. The Bertz CT molecular complexity index is 474. The predicted molar refractivity (Wildman–Crippen MR) is 87.8 cm³/mol. The molecule has 0 aliphatic heterocycles. The van der Waals surface area contributed by atoms with E-state index in [-0.39, 0.29) is 0 Å². The first-order valence-corrected chi connectivity index (χ1v) is 9.21. The van der Waals surface area contributed by atoms with Gasteiger partial charge in [0.15, 0.2) is 10.1 Å². The number of aliphatic imine (C=N–C) groups is 1. The van der Waals surface area contributed by atoms with Gasteiger partial charge in [-0.05, 0) is 26.1 Å². The van der Waals surface area contributed by atoms with Crippen molar-refractivity contribution in [2.24, 2.45) is 4.99 Å². The Morgan fingerprint density at radius 1 is 1.21 bits per heavy atom. The number of halogens is 3. The fourth-order valence-electron chi connectivity index (χ4n) is 2.04. The molecule has 0 aromatic heterocycles. The molecule has 0 N–H and O–H groups in total. The topological polar surface area (TPSA) is 78.8 Å². The maximum Gasteiger partial charge on any atom is 0.485 e. The van der Waals surface area contributed by atoms with Crippen LogP contribution in [0.5, 0.6) is 0 Å². The van der Waals surface area contributed by atoms with Crippen LogP contribution >= 0.6 is 12.2 Å². The SMILES string of the molecule is CC[N+](CC)(CCCN=C=S)CCCOC.O=S(=O)([O-])C(F)(F)F. The van der Waals surface area contributed by atoms with E-state index in [0.29, 0.717) is 0 Å². The van der Waals surface area contributed by atoms with Crippen molar-refractivity contribution in [1.29, 1.82) is 0 Å². The van der Waals surface area contributed by atoms with Gasteiger partial charge in [-0.1, -0.05) is 0 Å². The van der Waals surface area contributed by atoms with Gasteiger partial charge in [-0.2, -0.15) is 13.2 Å². The summed E-state index contributed by atoms with van der Waals surface area (Å²) in [6, 6.07) is 0. The summed E-state index contributed by atoms with van der Waals surface area (Å²) < 4.78 is 65.2. The summed E-state index contributed by atoms with van der Waals surface area (Å²) in [6.07, 6.45) is 2.23. The van der Waals surface area contributed by atoms with Crippen LogP contribution in [0.25, 0.3) is 0 Å². The molecule has 0 spiro atoms. The summed E-state index contributed by atoms with van der Waals surface area (Å²) in [6.45, 7) is 10.9. The first-order chi connectivity index (χ1) is 11.0. The van der Waals surface area contributed by atoms with Gasteiger partial charge in [0.25, 0.3) is 0 Å². The van der Waals surface area contributed by atoms with Crippen molar-refractivity contribution in [2.75, 3.05) is 46.4 Å². The molecular formula is C13H25F3N2O4S2. The number of hydrogen-bond donors (Lipinski definition) is 0. The molecule has 24 heavy (non-hydrogen) atoms. The van der Waals surface area contributed by atoms with Crippen molar-refractivity contribution >= 4 is 27.5 Å². The van der Waals surface area contributed by atoms with Crippen LogP contribution in [0.15, 0.2) is 4.99 Å². The fraction of sp³-hybridized carbons (Fsp3) is 0.923. The second kappa shape index (κ2) is 12.7. The molecule has 0 aromatic rings. The Balaban J connectivity index is 0. The third kappa shape index (κ3) is 11.9. The maximum atomic E-state index is 10.7. The van der Waals surface area contributed by atoms with Gasteiger partial charge in [0, 0.05) is 20.0 Å². The minimum atomic E-state index is -6.09. The molecule has 0 saturated heterocycles. The van der Waals surface area contributed by atoms with E-state index in [1.807, 2.05) is 0 Å². The number of isothiocyanates is 1. The molecule has 0 rings (SSSR count). The van der Waals surface area contributed by atoms with Gasteiger partial charge in [0.1, 0.15) is 0 Å². The van der Waals surface area contributed by atoms with Crippen LogP contribution in [0.3, 0.4) is 0 Å². The third-order valence-electron chi connectivity index (χ3n) is 3.57. The van der Waals surface area contributed by atoms with E-state index in [0.717, 1.165) is 30.5 Å². The molecule has 0 heterocycles. The molecule has 0 unspecified atom stereocenters. The van der Waals surface area contributed by atoms with Gasteiger partial charge < -0.3 is 13.8 Å². The highest BCUT2D eigenvalue weighted by Gasteiger charge is 2.36. The molecule has 0 bridgehead atoms. The number of methoxy groups -OCH3 is 1. The van der Waals surface area contributed by atoms with E-state index >= 15 is 0 Å². The minimum absolute atomic E-state index is 0.813. The summed E-state index contributed by atoms with van der Waals surface area (Å²) in [7, 11) is -4.33. The summed E-state index contributed by atoms with van der Waals surface area (Å²) >= 11 is 4.56. The number of quaternary nitrogens is 1. The predicted octanol–water partition coefficient (Wildman–Crippen LogP) is 2.42. The monoisotopic (exact) mass is 394 g/mol. The molecule has 0 aromatic carbocycles. The molecule has 0 saturated carbocycles. The Kier molecular flexibility index (Phi) is 13.6. The van der Waals surface area contributed by atoms with Crippen LogP contribution in [-0.2, 0) is 14.9 Å². The van der Waals surface area contributed by atoms with Crippen molar-refractivity contribution in [2.45, 2.75) is 32.2 Å². The second-order valence-corrected chi connectivity index (χ2v) is 6.55. The van der Waals surface area contributed by atoms with Crippen molar-refractivity contribution in [1.82, 2.24) is 0 Å². The highest BCUT2D eigenvalue weighted by atomic mass is 32.2. The van der Waals surface area contributed by atoms with Crippen LogP contribution < -0.4 is 0 Å². The number of nitrogens with zero attached hydrogens (tertiary/aromatic N) is 2. The zero-order valence-electron chi connectivity index (χ0n) is 14.1. The highest BCUT2D eigenvalue weighted by Crippen LogP contribution is 2.20. The van der Waals surface area contributed by atoms with E-state index in [9.17, 15) is 13.2 Å². The van der Waals surface area contributed by atoms with Gasteiger partial charge >= 0.3 is 5.51 Å². The summed E-state index contributed by atoms with van der Waals surface area (Å²) in [5.41, 5.74) is -5.65. The molecule has 0 aliphatic carbocycles. The van der Waals surface area contributed by atoms with Crippen LogP contribution in [0.2, 0.25) is 0 Å². The van der Waals surface area contributed by atoms with Crippen molar-refractivity contribution in [3.63, 3.8) is 0 Å². The molecule has 0 aliphatic rings. The van der Waals surface area contributed by atoms with E-state index in [1.54, 1.807) is 7.11 Å². The Hall–Kier alpha value is -0.580. The van der Waals surface area contributed by atoms with E-state index < -0.39 is 15.6 Å². The van der Waals surface area contributed by atoms with Gasteiger partial charge in [-0.15, -0.1) is 0 Å². The van der Waals surface area contributed by atoms with Gasteiger partial charge in [0.2, 0.25) is 0 Å². The quantitative estimate of drug-likeness (QED) is 0.142. The average Bonchev–Trinajstić information content (AvgIpc) is 2.49. The zero-order valence-corrected chi connectivity index (χ0v) is 15.8. The molecule has 0 radical (unpaired) electrons. The molecule has 0 amide bonds. The number of thiocarbonyl (C=S) groups is 1. The van der Waals surface area contributed by atoms with Crippen molar-refractivity contribution < 1.29 is 35.4 Å². The molecule has 11 heteroatoms. The Morgan fingerprint density at radius 2 is 1.67 bits per heavy atom. The average molecular weight is 394 g/mol. The van der Waals surface area contributed by atoms with Gasteiger partial charge in [-0.3, -0.25) is 0 Å². The maximum absolute atomic E-state index is 10.7. The van der Waals surface area contributed by atoms with E-state index in [1.165, 1.54) is 26.2 Å². The normalized spacial score (nSPS) is 12.1. The van der Waals surface area contributed by atoms with E-state index in [4.69, 9.17) is 17.7 Å². The van der Waals surface area contributed by atoms with Crippen LogP contribution in [-0.4, -0.2) is 74.6 Å².